The predicted octanol–water partition coefficient (Wildman–Crippen LogP) is 1.83. The van der Waals surface area contributed by atoms with Crippen molar-refractivity contribution in [3.05, 3.63) is 34.3 Å². The minimum absolute atomic E-state index is 0.0255. The maximum Gasteiger partial charge on any atom is 0.109 e. The maximum atomic E-state index is 9.13. The van der Waals surface area contributed by atoms with Crippen LogP contribution in [0.25, 0.3) is 0 Å². The second kappa shape index (κ2) is 4.03. The van der Waals surface area contributed by atoms with Gasteiger partial charge in [-0.1, -0.05) is 35.0 Å². The molecule has 1 rings (SSSR count). The maximum absolute atomic E-state index is 9.13. The molecule has 2 nitrogen and oxygen atoms in total. The topological polar surface area (TPSA) is 46.2 Å². The van der Waals surface area contributed by atoms with Gasteiger partial charge in [-0.25, -0.2) is 0 Å². The van der Waals surface area contributed by atoms with Gasteiger partial charge in [0.15, 0.2) is 0 Å². The molecule has 3 heteroatoms. The molecule has 0 aliphatic rings. The average Bonchev–Trinajstić information content (AvgIpc) is 2.03. The molecule has 0 saturated heterocycles. The van der Waals surface area contributed by atoms with Crippen LogP contribution in [-0.2, 0) is 0 Å². The van der Waals surface area contributed by atoms with Crippen LogP contribution in [0.5, 0.6) is 0 Å². The van der Waals surface area contributed by atoms with Crippen LogP contribution in [-0.4, -0.2) is 11.3 Å². The molecule has 2 atom stereocenters. The summed E-state index contributed by atoms with van der Waals surface area (Å²) in [6.07, 6.45) is -0.792. The second-order valence-electron chi connectivity index (χ2n) is 2.83. The summed E-state index contributed by atoms with van der Waals surface area (Å²) in [4.78, 5) is 0. The highest BCUT2D eigenvalue weighted by atomic mass is 79.9. The molecule has 66 valence electrons. The van der Waals surface area contributed by atoms with Crippen LogP contribution in [0.1, 0.15) is 18.4 Å². The van der Waals surface area contributed by atoms with Crippen LogP contribution in [0, 0.1) is 0 Å². The fraction of sp³-hybridized carbons (Fsp3) is 0.333. The lowest BCUT2D eigenvalue weighted by Crippen LogP contribution is -2.25. The van der Waals surface area contributed by atoms with Gasteiger partial charge in [-0.3, -0.25) is 0 Å². The van der Waals surface area contributed by atoms with E-state index < -0.39 is 6.23 Å². The molecule has 3 N–H and O–H groups in total. The van der Waals surface area contributed by atoms with Gasteiger partial charge in [0.25, 0.3) is 0 Å². The van der Waals surface area contributed by atoms with E-state index in [1.807, 2.05) is 31.2 Å². The van der Waals surface area contributed by atoms with E-state index in [0.29, 0.717) is 0 Å². The molecule has 0 saturated carbocycles. The Hall–Kier alpha value is -0.380. The van der Waals surface area contributed by atoms with Gasteiger partial charge in [0, 0.05) is 10.4 Å². The van der Waals surface area contributed by atoms with E-state index >= 15 is 0 Å². The van der Waals surface area contributed by atoms with E-state index in [4.69, 9.17) is 10.8 Å². The molecule has 0 bridgehead atoms. The number of aliphatic hydroxyl groups is 1. The largest absolute Gasteiger partial charge is 0.378 e. The zero-order valence-electron chi connectivity index (χ0n) is 6.87. The summed E-state index contributed by atoms with van der Waals surface area (Å²) >= 11 is 3.36. The van der Waals surface area contributed by atoms with Gasteiger partial charge in [-0.2, -0.15) is 0 Å². The van der Waals surface area contributed by atoms with E-state index in [2.05, 4.69) is 15.9 Å². The Morgan fingerprint density at radius 3 is 2.67 bits per heavy atom. The molecule has 0 fully saturated rings. The average molecular weight is 230 g/mol. The number of hydrogen-bond donors (Lipinski definition) is 2. The number of rotatable bonds is 2. The van der Waals surface area contributed by atoms with Crippen molar-refractivity contribution in [3.63, 3.8) is 0 Å². The fourth-order valence-corrected chi connectivity index (χ4v) is 1.40. The Kier molecular flexibility index (Phi) is 3.26. The van der Waals surface area contributed by atoms with E-state index in [-0.39, 0.29) is 5.92 Å². The molecule has 1 aromatic rings. The van der Waals surface area contributed by atoms with E-state index in [9.17, 15) is 0 Å². The highest BCUT2D eigenvalue weighted by Crippen LogP contribution is 2.20. The number of halogens is 1. The monoisotopic (exact) mass is 229 g/mol. The molecule has 0 aromatic heterocycles. The first-order chi connectivity index (χ1) is 5.61. The summed E-state index contributed by atoms with van der Waals surface area (Å²) in [5.74, 6) is -0.0255. The zero-order valence-corrected chi connectivity index (χ0v) is 8.45. The van der Waals surface area contributed by atoms with Crippen LogP contribution in [0.4, 0.5) is 0 Å². The van der Waals surface area contributed by atoms with Crippen molar-refractivity contribution in [3.8, 4) is 0 Å². The molecule has 0 aliphatic heterocycles. The van der Waals surface area contributed by atoms with Gasteiger partial charge in [-0.15, -0.1) is 0 Å². The summed E-state index contributed by atoms with van der Waals surface area (Å²) < 4.78 is 1.01. The lowest BCUT2D eigenvalue weighted by atomic mass is 10.0. The lowest BCUT2D eigenvalue weighted by Gasteiger charge is -2.14. The molecule has 0 aliphatic carbocycles. The molecular formula is C9H12BrNO. The third kappa shape index (κ3) is 2.30. The van der Waals surface area contributed by atoms with Crippen molar-refractivity contribution < 1.29 is 5.11 Å². The number of hydrogen-bond acceptors (Lipinski definition) is 2. The summed E-state index contributed by atoms with van der Waals surface area (Å²) in [5.41, 5.74) is 6.40. The van der Waals surface area contributed by atoms with Gasteiger partial charge >= 0.3 is 0 Å². The first-order valence-electron chi connectivity index (χ1n) is 3.80. The van der Waals surface area contributed by atoms with E-state index in [1.165, 1.54) is 0 Å². The van der Waals surface area contributed by atoms with Gasteiger partial charge in [0.1, 0.15) is 6.23 Å². The van der Waals surface area contributed by atoms with Crippen LogP contribution in [0.2, 0.25) is 0 Å². The van der Waals surface area contributed by atoms with Gasteiger partial charge < -0.3 is 10.8 Å². The Bertz CT molecular complexity index is 262. The summed E-state index contributed by atoms with van der Waals surface area (Å²) in [5, 5.41) is 9.13. The summed E-state index contributed by atoms with van der Waals surface area (Å²) in [6.45, 7) is 1.90. The van der Waals surface area contributed by atoms with Gasteiger partial charge in [-0.05, 0) is 17.7 Å². The molecule has 0 amide bonds. The van der Waals surface area contributed by atoms with Crippen molar-refractivity contribution in [2.75, 3.05) is 0 Å². The Balaban J connectivity index is 2.88. The number of benzene rings is 1. The molecule has 12 heavy (non-hydrogen) atoms. The molecule has 0 spiro atoms. The van der Waals surface area contributed by atoms with Gasteiger partial charge in [0.05, 0.1) is 0 Å². The van der Waals surface area contributed by atoms with Gasteiger partial charge in [0.2, 0.25) is 0 Å². The van der Waals surface area contributed by atoms with Crippen LogP contribution in [0.15, 0.2) is 28.7 Å². The summed E-state index contributed by atoms with van der Waals surface area (Å²) in [7, 11) is 0. The first-order valence-corrected chi connectivity index (χ1v) is 4.59. The SMILES string of the molecule is CC(c1cccc(Br)c1)C(N)O. The van der Waals surface area contributed by atoms with Crippen molar-refractivity contribution in [2.24, 2.45) is 5.73 Å². The third-order valence-electron chi connectivity index (χ3n) is 1.89. The molecular weight excluding hydrogens is 218 g/mol. The standard InChI is InChI=1S/C9H12BrNO/c1-6(9(11)12)7-3-2-4-8(10)5-7/h2-6,9,12H,11H2,1H3. The smallest absolute Gasteiger partial charge is 0.109 e. The minimum atomic E-state index is -0.792. The van der Waals surface area contributed by atoms with Crippen molar-refractivity contribution in [1.82, 2.24) is 0 Å². The molecule has 0 radical (unpaired) electrons. The quantitative estimate of drug-likeness (QED) is 0.761. The number of nitrogens with two attached hydrogens (primary N) is 1. The van der Waals surface area contributed by atoms with Crippen molar-refractivity contribution in [2.45, 2.75) is 19.1 Å². The van der Waals surface area contributed by atoms with Crippen molar-refractivity contribution in [1.29, 1.82) is 0 Å². The van der Waals surface area contributed by atoms with Crippen LogP contribution >= 0.6 is 15.9 Å². The minimum Gasteiger partial charge on any atom is -0.378 e. The second-order valence-corrected chi connectivity index (χ2v) is 3.75. The van der Waals surface area contributed by atoms with Crippen molar-refractivity contribution >= 4 is 15.9 Å². The first kappa shape index (κ1) is 9.71. The molecule has 0 heterocycles. The Morgan fingerprint density at radius 1 is 1.50 bits per heavy atom. The lowest BCUT2D eigenvalue weighted by molar-refractivity contribution is 0.156. The van der Waals surface area contributed by atoms with Crippen LogP contribution in [0.3, 0.4) is 0 Å². The van der Waals surface area contributed by atoms with Crippen LogP contribution < -0.4 is 5.73 Å². The summed E-state index contributed by atoms with van der Waals surface area (Å²) in [6, 6.07) is 7.78. The Morgan fingerprint density at radius 2 is 2.17 bits per heavy atom. The molecule has 1 aromatic carbocycles. The Labute approximate surface area is 80.5 Å². The number of aliphatic hydroxyl groups excluding tert-OH is 1. The van der Waals surface area contributed by atoms with E-state index in [0.717, 1.165) is 10.0 Å². The van der Waals surface area contributed by atoms with E-state index in [1.54, 1.807) is 0 Å². The zero-order chi connectivity index (χ0) is 9.14. The fourth-order valence-electron chi connectivity index (χ4n) is 0.987. The third-order valence-corrected chi connectivity index (χ3v) is 2.38. The highest BCUT2D eigenvalue weighted by Gasteiger charge is 2.11. The molecule has 2 unspecified atom stereocenters. The highest BCUT2D eigenvalue weighted by molar-refractivity contribution is 9.10. The predicted molar refractivity (Wildman–Crippen MR) is 52.8 cm³/mol. The normalized spacial score (nSPS) is 15.7.